The van der Waals surface area contributed by atoms with Crippen molar-refractivity contribution in [1.29, 1.82) is 0 Å². The zero-order chi connectivity index (χ0) is 23.0. The number of nitro benzene ring substituents is 1. The molecule has 4 rings (SSSR count). The number of rotatable bonds is 4. The third-order valence-electron chi connectivity index (χ3n) is 5.00. The van der Waals surface area contributed by atoms with E-state index in [9.17, 15) is 24.5 Å². The molecule has 2 aromatic carbocycles. The normalized spacial score (nSPS) is 15.2. The van der Waals surface area contributed by atoms with Gasteiger partial charge in [-0.05, 0) is 49.8 Å². The number of carbonyl (C=O) groups excluding carboxylic acids is 3. The van der Waals surface area contributed by atoms with Crippen molar-refractivity contribution in [2.45, 2.75) is 13.8 Å². The molecule has 3 aromatic rings. The minimum absolute atomic E-state index is 0.0870. The average Bonchev–Trinajstić information content (AvgIpc) is 3.21. The maximum absolute atomic E-state index is 12.9. The number of hydrogen-bond acceptors (Lipinski definition) is 6. The second-order valence-corrected chi connectivity index (χ2v) is 7.25. The summed E-state index contributed by atoms with van der Waals surface area (Å²) in [5, 5.41) is 13.2. The fraction of sp³-hybridized carbons (Fsp3) is 0.0870. The number of nitrogens with one attached hydrogen (secondary N) is 1. The highest BCUT2D eigenvalue weighted by atomic mass is 16.6. The van der Waals surface area contributed by atoms with E-state index in [1.807, 2.05) is 6.92 Å². The molecular formula is C23H17N3O6. The fourth-order valence-corrected chi connectivity index (χ4v) is 3.29. The largest absolute Gasteiger partial charge is 0.457 e. The molecule has 0 saturated carbocycles. The minimum Gasteiger partial charge on any atom is -0.457 e. The van der Waals surface area contributed by atoms with Crippen LogP contribution < -0.4 is 10.2 Å². The summed E-state index contributed by atoms with van der Waals surface area (Å²) >= 11 is 0. The van der Waals surface area contributed by atoms with Crippen LogP contribution in [0, 0.1) is 24.0 Å². The molecule has 1 N–H and O–H groups in total. The molecule has 2 heterocycles. The van der Waals surface area contributed by atoms with E-state index in [1.165, 1.54) is 24.3 Å². The van der Waals surface area contributed by atoms with Gasteiger partial charge in [0.25, 0.3) is 17.5 Å². The quantitative estimate of drug-likeness (QED) is 0.287. The molecule has 1 fully saturated rings. The molecule has 1 aliphatic heterocycles. The van der Waals surface area contributed by atoms with Crippen LogP contribution in [0.15, 0.2) is 64.6 Å². The predicted octanol–water partition coefficient (Wildman–Crippen LogP) is 4.14. The zero-order valence-electron chi connectivity index (χ0n) is 17.1. The number of hydrogen-bond donors (Lipinski definition) is 1. The highest BCUT2D eigenvalue weighted by molar-refractivity contribution is 6.39. The number of urea groups is 1. The summed E-state index contributed by atoms with van der Waals surface area (Å²) in [5.41, 5.74) is 2.18. The van der Waals surface area contributed by atoms with Crippen molar-refractivity contribution in [3.05, 3.63) is 87.2 Å². The van der Waals surface area contributed by atoms with Crippen LogP contribution in [0.1, 0.15) is 16.9 Å². The Morgan fingerprint density at radius 1 is 1.00 bits per heavy atom. The van der Waals surface area contributed by atoms with E-state index >= 15 is 0 Å². The molecule has 1 aliphatic rings. The van der Waals surface area contributed by atoms with Gasteiger partial charge in [-0.3, -0.25) is 25.0 Å². The molecule has 4 amide bonds. The van der Waals surface area contributed by atoms with Crippen LogP contribution in [-0.2, 0) is 9.59 Å². The third kappa shape index (κ3) is 3.79. The Bertz CT molecular complexity index is 1300. The first-order valence-corrected chi connectivity index (χ1v) is 9.58. The fourth-order valence-electron chi connectivity index (χ4n) is 3.29. The molecule has 1 aromatic heterocycles. The number of nitro groups is 1. The average molecular weight is 431 g/mol. The van der Waals surface area contributed by atoms with Gasteiger partial charge in [0, 0.05) is 17.7 Å². The second-order valence-electron chi connectivity index (χ2n) is 7.25. The van der Waals surface area contributed by atoms with Crippen LogP contribution in [0.2, 0.25) is 0 Å². The van der Waals surface area contributed by atoms with Gasteiger partial charge < -0.3 is 4.42 Å². The number of imide groups is 2. The van der Waals surface area contributed by atoms with Crippen LogP contribution in [0.25, 0.3) is 17.4 Å². The number of amides is 4. The molecule has 9 heteroatoms. The molecule has 160 valence electrons. The number of benzene rings is 2. The Hall–Kier alpha value is -4.53. The van der Waals surface area contributed by atoms with Gasteiger partial charge in [0.2, 0.25) is 0 Å². The Morgan fingerprint density at radius 2 is 1.72 bits per heavy atom. The molecule has 0 radical (unpaired) electrons. The number of barbiturate groups is 1. The van der Waals surface area contributed by atoms with Crippen LogP contribution in [0.5, 0.6) is 0 Å². The van der Waals surface area contributed by atoms with Gasteiger partial charge in [-0.25, -0.2) is 9.69 Å². The van der Waals surface area contributed by atoms with Crippen LogP contribution in [-0.4, -0.2) is 22.8 Å². The summed E-state index contributed by atoms with van der Waals surface area (Å²) in [5.74, 6) is -1.10. The smallest absolute Gasteiger partial charge is 0.335 e. The van der Waals surface area contributed by atoms with Crippen molar-refractivity contribution in [3.63, 3.8) is 0 Å². The topological polar surface area (TPSA) is 123 Å². The number of carbonyl (C=O) groups is 3. The second kappa shape index (κ2) is 7.95. The van der Waals surface area contributed by atoms with Gasteiger partial charge in [0.1, 0.15) is 17.1 Å². The molecular weight excluding hydrogens is 414 g/mol. The first-order valence-electron chi connectivity index (χ1n) is 9.58. The standard InChI is InChI=1S/C23H17N3O6/c1-13-3-6-15(7-4-13)25-22(28)19(21(27)24-23(25)29)12-17-9-10-20(32-17)18-11-16(26(30)31)8-5-14(18)2/h3-12H,1-2H3,(H,24,27,29)/b19-12+. The van der Waals surface area contributed by atoms with Gasteiger partial charge in [-0.15, -0.1) is 0 Å². The maximum atomic E-state index is 12.9. The van der Waals surface area contributed by atoms with Crippen molar-refractivity contribution in [1.82, 2.24) is 5.32 Å². The van der Waals surface area contributed by atoms with Gasteiger partial charge in [0.05, 0.1) is 10.6 Å². The lowest BCUT2D eigenvalue weighted by atomic mass is 10.1. The van der Waals surface area contributed by atoms with Crippen LogP contribution >= 0.6 is 0 Å². The SMILES string of the molecule is Cc1ccc(N2C(=O)NC(=O)/C(=C\c3ccc(-c4cc([N+](=O)[O-])ccc4C)o3)C2=O)cc1. The number of anilines is 1. The van der Waals surface area contributed by atoms with Crippen molar-refractivity contribution in [2.24, 2.45) is 0 Å². The Labute approximate surface area is 182 Å². The number of furan rings is 1. The first kappa shape index (κ1) is 20.7. The van der Waals surface area contributed by atoms with E-state index in [4.69, 9.17) is 4.42 Å². The minimum atomic E-state index is -0.840. The van der Waals surface area contributed by atoms with E-state index in [-0.39, 0.29) is 17.0 Å². The molecule has 9 nitrogen and oxygen atoms in total. The Morgan fingerprint density at radius 3 is 2.41 bits per heavy atom. The Kier molecular flexibility index (Phi) is 5.15. The first-order chi connectivity index (χ1) is 15.2. The summed E-state index contributed by atoms with van der Waals surface area (Å²) in [6.45, 7) is 3.65. The summed E-state index contributed by atoms with van der Waals surface area (Å²) in [6, 6.07) is 13.4. The lowest BCUT2D eigenvalue weighted by Crippen LogP contribution is -2.54. The highest BCUT2D eigenvalue weighted by Crippen LogP contribution is 2.30. The molecule has 0 aliphatic carbocycles. The predicted molar refractivity (Wildman–Crippen MR) is 116 cm³/mol. The number of aryl methyl sites for hydroxylation is 2. The lowest BCUT2D eigenvalue weighted by molar-refractivity contribution is -0.384. The van der Waals surface area contributed by atoms with Crippen LogP contribution in [0.4, 0.5) is 16.2 Å². The molecule has 1 saturated heterocycles. The summed E-state index contributed by atoms with van der Waals surface area (Å²) in [7, 11) is 0. The number of non-ortho nitro benzene ring substituents is 1. The zero-order valence-corrected chi connectivity index (χ0v) is 17.1. The van der Waals surface area contributed by atoms with Crippen molar-refractivity contribution >= 4 is 35.3 Å². The van der Waals surface area contributed by atoms with E-state index in [2.05, 4.69) is 5.32 Å². The van der Waals surface area contributed by atoms with E-state index in [1.54, 1.807) is 43.3 Å². The van der Waals surface area contributed by atoms with Crippen LogP contribution in [0.3, 0.4) is 0 Å². The monoisotopic (exact) mass is 431 g/mol. The van der Waals surface area contributed by atoms with Gasteiger partial charge in [-0.1, -0.05) is 23.8 Å². The van der Waals surface area contributed by atoms with Crippen molar-refractivity contribution < 1.29 is 23.7 Å². The van der Waals surface area contributed by atoms with Crippen molar-refractivity contribution in [3.8, 4) is 11.3 Å². The third-order valence-corrected chi connectivity index (χ3v) is 5.00. The molecule has 0 bridgehead atoms. The Balaban J connectivity index is 1.69. The van der Waals surface area contributed by atoms with Crippen molar-refractivity contribution in [2.75, 3.05) is 4.90 Å². The van der Waals surface area contributed by atoms with Gasteiger partial charge in [-0.2, -0.15) is 0 Å². The molecule has 32 heavy (non-hydrogen) atoms. The van der Waals surface area contributed by atoms with E-state index in [0.717, 1.165) is 16.0 Å². The summed E-state index contributed by atoms with van der Waals surface area (Å²) in [6.07, 6.45) is 1.24. The van der Waals surface area contributed by atoms with Gasteiger partial charge in [0.15, 0.2) is 0 Å². The van der Waals surface area contributed by atoms with E-state index < -0.39 is 22.8 Å². The highest BCUT2D eigenvalue weighted by Gasteiger charge is 2.37. The molecule has 0 atom stereocenters. The summed E-state index contributed by atoms with van der Waals surface area (Å²) in [4.78, 5) is 49.0. The molecule has 0 unspecified atom stereocenters. The summed E-state index contributed by atoms with van der Waals surface area (Å²) < 4.78 is 5.73. The van der Waals surface area contributed by atoms with Gasteiger partial charge >= 0.3 is 6.03 Å². The number of nitrogens with zero attached hydrogens (tertiary/aromatic N) is 2. The molecule has 0 spiro atoms. The lowest BCUT2D eigenvalue weighted by Gasteiger charge is -2.26. The van der Waals surface area contributed by atoms with E-state index in [0.29, 0.717) is 17.0 Å². The maximum Gasteiger partial charge on any atom is 0.335 e.